The number of carbonyl (C=O) groups excluding carboxylic acids is 1. The largest absolute Gasteiger partial charge is 0.431 e. The topological polar surface area (TPSA) is 69.0 Å². The van der Waals surface area contributed by atoms with E-state index in [0.717, 1.165) is 24.3 Å². The first-order chi connectivity index (χ1) is 15.7. The van der Waals surface area contributed by atoms with Crippen molar-refractivity contribution >= 4 is 17.5 Å². The summed E-state index contributed by atoms with van der Waals surface area (Å²) in [7, 11) is 0. The van der Waals surface area contributed by atoms with E-state index in [2.05, 4.69) is 22.2 Å². The molecule has 1 N–H and O–H groups in total. The van der Waals surface area contributed by atoms with E-state index in [4.69, 9.17) is 16.3 Å². The molecule has 2 heterocycles. The second-order valence-electron chi connectivity index (χ2n) is 9.33. The molecular formula is C24H33ClF2N4O2. The third-order valence-electron chi connectivity index (χ3n) is 6.07. The van der Waals surface area contributed by atoms with Crippen molar-refractivity contribution in [3.63, 3.8) is 0 Å². The van der Waals surface area contributed by atoms with Crippen molar-refractivity contribution in [2.75, 3.05) is 6.54 Å². The minimum atomic E-state index is -3.02. The first kappa shape index (κ1) is 25.4. The van der Waals surface area contributed by atoms with Crippen LogP contribution in [0, 0.1) is 17.8 Å². The number of pyridine rings is 1. The standard InChI is InChI=1S/C24H33ClF2N4O2/c1-5-19-30-20(23(32)29-12-16-8-6-15(4)7-9-16)21(25)31(19)22-18(33-24(26)27)11-17(13-28-22)10-14(2)3/h11,13-16,24H,5-10,12H2,1-4H3,(H,29,32). The van der Waals surface area contributed by atoms with Crippen LogP contribution in [0.5, 0.6) is 5.75 Å². The van der Waals surface area contributed by atoms with Crippen LogP contribution in [0.2, 0.25) is 5.15 Å². The molecular weight excluding hydrogens is 450 g/mol. The van der Waals surface area contributed by atoms with Crippen LogP contribution in [-0.4, -0.2) is 33.6 Å². The summed E-state index contributed by atoms with van der Waals surface area (Å²) in [6.07, 6.45) is 7.22. The summed E-state index contributed by atoms with van der Waals surface area (Å²) in [5.74, 6) is 1.57. The van der Waals surface area contributed by atoms with Crippen molar-refractivity contribution in [2.45, 2.75) is 72.8 Å². The van der Waals surface area contributed by atoms with E-state index in [1.165, 1.54) is 17.4 Å². The molecule has 2 aromatic heterocycles. The summed E-state index contributed by atoms with van der Waals surface area (Å²) in [6, 6.07) is 1.55. The van der Waals surface area contributed by atoms with Crippen LogP contribution >= 0.6 is 11.6 Å². The van der Waals surface area contributed by atoms with E-state index in [9.17, 15) is 13.6 Å². The minimum absolute atomic E-state index is 0.0323. The van der Waals surface area contributed by atoms with Gasteiger partial charge in [-0.1, -0.05) is 52.1 Å². The number of rotatable bonds is 9. The molecule has 1 aliphatic carbocycles. The van der Waals surface area contributed by atoms with Crippen LogP contribution in [-0.2, 0) is 12.8 Å². The fourth-order valence-electron chi connectivity index (χ4n) is 4.31. The molecule has 0 radical (unpaired) electrons. The zero-order chi connectivity index (χ0) is 24.1. The molecule has 33 heavy (non-hydrogen) atoms. The zero-order valence-electron chi connectivity index (χ0n) is 19.7. The van der Waals surface area contributed by atoms with Gasteiger partial charge in [0, 0.05) is 19.2 Å². The van der Waals surface area contributed by atoms with Gasteiger partial charge in [0.15, 0.2) is 17.3 Å². The number of aromatic nitrogens is 3. The third kappa shape index (κ3) is 6.43. The number of halogens is 3. The second-order valence-corrected chi connectivity index (χ2v) is 9.69. The van der Waals surface area contributed by atoms with Crippen molar-refractivity contribution in [3.8, 4) is 11.6 Å². The van der Waals surface area contributed by atoms with Gasteiger partial charge in [-0.2, -0.15) is 8.78 Å². The van der Waals surface area contributed by atoms with Crippen molar-refractivity contribution in [1.82, 2.24) is 19.9 Å². The van der Waals surface area contributed by atoms with Crippen LogP contribution in [0.4, 0.5) is 8.78 Å². The lowest BCUT2D eigenvalue weighted by Gasteiger charge is -2.26. The minimum Gasteiger partial charge on any atom is -0.431 e. The monoisotopic (exact) mass is 482 g/mol. The van der Waals surface area contributed by atoms with Crippen molar-refractivity contribution in [2.24, 2.45) is 17.8 Å². The van der Waals surface area contributed by atoms with Gasteiger partial charge >= 0.3 is 6.61 Å². The van der Waals surface area contributed by atoms with Gasteiger partial charge in [-0.25, -0.2) is 9.97 Å². The number of imidazole rings is 1. The van der Waals surface area contributed by atoms with E-state index in [0.29, 0.717) is 37.0 Å². The summed E-state index contributed by atoms with van der Waals surface area (Å²) < 4.78 is 32.5. The van der Waals surface area contributed by atoms with E-state index in [-0.39, 0.29) is 28.3 Å². The SMILES string of the molecule is CCc1nc(C(=O)NCC2CCC(C)CC2)c(Cl)n1-c1ncc(CC(C)C)cc1OC(F)F. The smallest absolute Gasteiger partial charge is 0.387 e. The molecule has 1 aliphatic rings. The Morgan fingerprint density at radius 3 is 2.61 bits per heavy atom. The average Bonchev–Trinajstić information content (AvgIpc) is 3.09. The molecule has 1 amide bonds. The Hall–Kier alpha value is -2.22. The summed E-state index contributed by atoms with van der Waals surface area (Å²) in [6.45, 7) is 5.71. The molecule has 0 spiro atoms. The number of ether oxygens (including phenoxy) is 1. The van der Waals surface area contributed by atoms with Gasteiger partial charge in [0.1, 0.15) is 11.0 Å². The van der Waals surface area contributed by atoms with Crippen LogP contribution < -0.4 is 10.1 Å². The highest BCUT2D eigenvalue weighted by atomic mass is 35.5. The molecule has 0 bridgehead atoms. The van der Waals surface area contributed by atoms with Gasteiger partial charge in [0.25, 0.3) is 5.91 Å². The Kier molecular flexibility index (Phi) is 8.68. The number of aryl methyl sites for hydroxylation is 1. The predicted molar refractivity (Wildman–Crippen MR) is 124 cm³/mol. The predicted octanol–water partition coefficient (Wildman–Crippen LogP) is 5.84. The number of alkyl halides is 2. The summed E-state index contributed by atoms with van der Waals surface area (Å²) in [5, 5.41) is 2.98. The van der Waals surface area contributed by atoms with Gasteiger partial charge in [0.05, 0.1) is 0 Å². The quantitative estimate of drug-likeness (QED) is 0.487. The lowest BCUT2D eigenvalue weighted by molar-refractivity contribution is -0.0501. The van der Waals surface area contributed by atoms with Crippen LogP contribution in [0.3, 0.4) is 0 Å². The fraction of sp³-hybridized carbons (Fsp3) is 0.625. The van der Waals surface area contributed by atoms with Crippen LogP contribution in [0.25, 0.3) is 5.82 Å². The van der Waals surface area contributed by atoms with Crippen molar-refractivity contribution < 1.29 is 18.3 Å². The Balaban J connectivity index is 1.88. The first-order valence-corrected chi connectivity index (χ1v) is 12.1. The van der Waals surface area contributed by atoms with Crippen LogP contribution in [0.1, 0.15) is 75.3 Å². The molecule has 2 aromatic rings. The molecule has 3 rings (SSSR count). The maximum absolute atomic E-state index is 13.2. The maximum atomic E-state index is 13.2. The first-order valence-electron chi connectivity index (χ1n) is 11.7. The molecule has 1 saturated carbocycles. The van der Waals surface area contributed by atoms with Gasteiger partial charge in [-0.15, -0.1) is 0 Å². The highest BCUT2D eigenvalue weighted by Crippen LogP contribution is 2.31. The lowest BCUT2D eigenvalue weighted by Crippen LogP contribution is -2.31. The number of carbonyl (C=O) groups is 1. The number of nitrogens with zero attached hydrogens (tertiary/aromatic N) is 3. The van der Waals surface area contributed by atoms with Gasteiger partial charge in [-0.05, 0) is 48.6 Å². The van der Waals surface area contributed by atoms with Gasteiger partial charge in [-0.3, -0.25) is 9.36 Å². The Morgan fingerprint density at radius 1 is 1.30 bits per heavy atom. The maximum Gasteiger partial charge on any atom is 0.387 e. The molecule has 0 aliphatic heterocycles. The third-order valence-corrected chi connectivity index (χ3v) is 6.42. The number of amides is 1. The highest BCUT2D eigenvalue weighted by molar-refractivity contribution is 6.32. The average molecular weight is 483 g/mol. The fourth-order valence-corrected chi connectivity index (χ4v) is 4.61. The van der Waals surface area contributed by atoms with E-state index < -0.39 is 6.61 Å². The van der Waals surface area contributed by atoms with E-state index in [1.807, 2.05) is 20.8 Å². The number of hydrogen-bond donors (Lipinski definition) is 1. The second kappa shape index (κ2) is 11.3. The number of hydrogen-bond acceptors (Lipinski definition) is 4. The molecule has 6 nitrogen and oxygen atoms in total. The summed E-state index contributed by atoms with van der Waals surface area (Å²) >= 11 is 6.57. The van der Waals surface area contributed by atoms with E-state index >= 15 is 0 Å². The Bertz CT molecular complexity index is 956. The lowest BCUT2D eigenvalue weighted by atomic mass is 9.83. The van der Waals surface area contributed by atoms with Crippen LogP contribution in [0.15, 0.2) is 12.3 Å². The molecule has 1 fully saturated rings. The zero-order valence-corrected chi connectivity index (χ0v) is 20.5. The number of nitrogens with one attached hydrogen (secondary N) is 1. The van der Waals surface area contributed by atoms with Gasteiger partial charge < -0.3 is 10.1 Å². The highest BCUT2D eigenvalue weighted by Gasteiger charge is 2.26. The molecule has 0 saturated heterocycles. The molecule has 0 aromatic carbocycles. The van der Waals surface area contributed by atoms with Crippen molar-refractivity contribution in [3.05, 3.63) is 34.5 Å². The molecule has 9 heteroatoms. The Labute approximate surface area is 199 Å². The van der Waals surface area contributed by atoms with Gasteiger partial charge in [0.2, 0.25) is 0 Å². The molecule has 182 valence electrons. The Morgan fingerprint density at radius 2 is 2.00 bits per heavy atom. The molecule has 0 unspecified atom stereocenters. The normalized spacial score (nSPS) is 18.7. The molecule has 0 atom stereocenters. The summed E-state index contributed by atoms with van der Waals surface area (Å²) in [5.41, 5.74) is 0.840. The van der Waals surface area contributed by atoms with E-state index in [1.54, 1.807) is 12.3 Å². The van der Waals surface area contributed by atoms with Crippen molar-refractivity contribution in [1.29, 1.82) is 0 Å². The summed E-state index contributed by atoms with van der Waals surface area (Å²) in [4.78, 5) is 21.7.